The number of nitrogens with zero attached hydrogens (tertiary/aromatic N) is 3. The van der Waals surface area contributed by atoms with Gasteiger partial charge in [0.05, 0.1) is 12.4 Å². The molecule has 3 rings (SSSR count). The average molecular weight is 297 g/mol. The van der Waals surface area contributed by atoms with E-state index in [9.17, 15) is 4.79 Å². The van der Waals surface area contributed by atoms with Crippen LogP contribution in [0.5, 0.6) is 0 Å². The molecule has 0 atom stereocenters. The van der Waals surface area contributed by atoms with Gasteiger partial charge < -0.3 is 0 Å². The maximum Gasteiger partial charge on any atom is 0.268 e. The van der Waals surface area contributed by atoms with Crippen LogP contribution in [0.1, 0.15) is 30.4 Å². The third kappa shape index (κ3) is 3.28. The molecule has 1 aliphatic heterocycles. The van der Waals surface area contributed by atoms with Crippen LogP contribution < -0.4 is 5.56 Å². The van der Waals surface area contributed by atoms with Gasteiger partial charge in [0.15, 0.2) is 0 Å². The molecule has 1 fully saturated rings. The third-order valence-electron chi connectivity index (χ3n) is 4.45. The van der Waals surface area contributed by atoms with E-state index in [1.54, 1.807) is 10.7 Å². The lowest BCUT2D eigenvalue weighted by atomic mass is 10.0. The summed E-state index contributed by atoms with van der Waals surface area (Å²) in [6.45, 7) is 6.91. The first-order valence-electron chi connectivity index (χ1n) is 8.01. The van der Waals surface area contributed by atoms with Gasteiger partial charge in [-0.1, -0.05) is 18.6 Å². The first-order valence-corrected chi connectivity index (χ1v) is 8.01. The van der Waals surface area contributed by atoms with Crippen molar-refractivity contribution in [2.45, 2.75) is 39.8 Å². The summed E-state index contributed by atoms with van der Waals surface area (Å²) >= 11 is 0. The summed E-state index contributed by atoms with van der Waals surface area (Å²) in [5.74, 6) is 0. The smallest absolute Gasteiger partial charge is 0.268 e. The third-order valence-corrected chi connectivity index (χ3v) is 4.45. The lowest BCUT2D eigenvalue weighted by Crippen LogP contribution is -2.36. The van der Waals surface area contributed by atoms with Crippen LogP contribution in [-0.4, -0.2) is 27.8 Å². The number of aryl methyl sites for hydroxylation is 2. The minimum atomic E-state index is -0.0295. The van der Waals surface area contributed by atoms with Crippen LogP contribution in [0.25, 0.3) is 11.3 Å². The first kappa shape index (κ1) is 15.0. The van der Waals surface area contributed by atoms with Gasteiger partial charge in [0.1, 0.15) is 0 Å². The topological polar surface area (TPSA) is 38.1 Å². The van der Waals surface area contributed by atoms with E-state index in [1.807, 2.05) is 6.07 Å². The van der Waals surface area contributed by atoms with Gasteiger partial charge in [-0.3, -0.25) is 9.69 Å². The highest BCUT2D eigenvalue weighted by Crippen LogP contribution is 2.19. The molecule has 4 nitrogen and oxygen atoms in total. The van der Waals surface area contributed by atoms with Crippen LogP contribution in [0.3, 0.4) is 0 Å². The van der Waals surface area contributed by atoms with Crippen LogP contribution in [0.4, 0.5) is 0 Å². The molecule has 116 valence electrons. The molecule has 2 aromatic rings. The van der Waals surface area contributed by atoms with Crippen molar-refractivity contribution in [1.29, 1.82) is 0 Å². The van der Waals surface area contributed by atoms with E-state index in [1.165, 1.54) is 30.4 Å². The molecule has 1 saturated heterocycles. The van der Waals surface area contributed by atoms with Gasteiger partial charge in [-0.05, 0) is 63.0 Å². The highest BCUT2D eigenvalue weighted by atomic mass is 16.1. The van der Waals surface area contributed by atoms with Crippen molar-refractivity contribution in [1.82, 2.24) is 14.7 Å². The maximum absolute atomic E-state index is 12.1. The van der Waals surface area contributed by atoms with Crippen molar-refractivity contribution in [3.8, 4) is 11.3 Å². The molecule has 0 unspecified atom stereocenters. The lowest BCUT2D eigenvalue weighted by molar-refractivity contribution is 0.170. The van der Waals surface area contributed by atoms with Crippen LogP contribution >= 0.6 is 0 Å². The van der Waals surface area contributed by atoms with Gasteiger partial charge in [0.25, 0.3) is 5.56 Å². The summed E-state index contributed by atoms with van der Waals surface area (Å²) in [7, 11) is 0. The summed E-state index contributed by atoms with van der Waals surface area (Å²) in [6, 6.07) is 9.75. The SMILES string of the molecule is Cc1ccc(-c2ccc(=O)n(CN3CCCCC3)n2)cc1C. The van der Waals surface area contributed by atoms with Gasteiger partial charge in [-0.25, -0.2) is 4.68 Å². The largest absolute Gasteiger partial charge is 0.284 e. The molecule has 0 spiro atoms. The molecule has 0 saturated carbocycles. The van der Waals surface area contributed by atoms with Crippen LogP contribution in [0.15, 0.2) is 35.1 Å². The predicted octanol–water partition coefficient (Wildman–Crippen LogP) is 2.97. The minimum Gasteiger partial charge on any atom is -0.284 e. The van der Waals surface area contributed by atoms with E-state index in [2.05, 4.69) is 42.0 Å². The molecular weight excluding hydrogens is 274 g/mol. The Morgan fingerprint density at radius 3 is 2.50 bits per heavy atom. The molecular formula is C18H23N3O. The van der Waals surface area contributed by atoms with Gasteiger partial charge in [-0.2, -0.15) is 5.10 Å². The van der Waals surface area contributed by atoms with Crippen molar-refractivity contribution < 1.29 is 0 Å². The molecule has 0 radical (unpaired) electrons. The Labute approximate surface area is 131 Å². The molecule has 0 aliphatic carbocycles. The molecule has 0 amide bonds. The van der Waals surface area contributed by atoms with Crippen molar-refractivity contribution >= 4 is 0 Å². The summed E-state index contributed by atoms with van der Waals surface area (Å²) < 4.78 is 1.59. The van der Waals surface area contributed by atoms with E-state index >= 15 is 0 Å². The Morgan fingerprint density at radius 1 is 1.00 bits per heavy atom. The highest BCUT2D eigenvalue weighted by molar-refractivity contribution is 5.60. The fourth-order valence-electron chi connectivity index (χ4n) is 2.90. The molecule has 22 heavy (non-hydrogen) atoms. The van der Waals surface area contributed by atoms with Crippen LogP contribution in [0.2, 0.25) is 0 Å². The molecule has 1 aromatic carbocycles. The summed E-state index contributed by atoms with van der Waals surface area (Å²) in [6.07, 6.45) is 3.72. The molecule has 1 aliphatic rings. The Morgan fingerprint density at radius 2 is 1.77 bits per heavy atom. The number of hydrogen-bond acceptors (Lipinski definition) is 3. The summed E-state index contributed by atoms with van der Waals surface area (Å²) in [4.78, 5) is 14.4. The van der Waals surface area contributed by atoms with E-state index < -0.39 is 0 Å². The number of rotatable bonds is 3. The second-order valence-corrected chi connectivity index (χ2v) is 6.18. The Kier molecular flexibility index (Phi) is 4.39. The van der Waals surface area contributed by atoms with Crippen LogP contribution in [-0.2, 0) is 6.67 Å². The lowest BCUT2D eigenvalue weighted by Gasteiger charge is -2.26. The molecule has 2 heterocycles. The van der Waals surface area contributed by atoms with Gasteiger partial charge in [-0.15, -0.1) is 0 Å². The molecule has 0 bridgehead atoms. The Balaban J connectivity index is 1.88. The molecule has 1 aromatic heterocycles. The zero-order valence-electron chi connectivity index (χ0n) is 13.4. The zero-order chi connectivity index (χ0) is 15.5. The molecule has 4 heteroatoms. The van der Waals surface area contributed by atoms with Crippen molar-refractivity contribution in [3.63, 3.8) is 0 Å². The average Bonchev–Trinajstić information content (AvgIpc) is 2.53. The van der Waals surface area contributed by atoms with Gasteiger partial charge >= 0.3 is 0 Å². The zero-order valence-corrected chi connectivity index (χ0v) is 13.4. The van der Waals surface area contributed by atoms with E-state index in [-0.39, 0.29) is 5.56 Å². The summed E-state index contributed by atoms with van der Waals surface area (Å²) in [5, 5.41) is 4.57. The summed E-state index contributed by atoms with van der Waals surface area (Å²) in [5.41, 5.74) is 4.41. The van der Waals surface area contributed by atoms with E-state index in [4.69, 9.17) is 0 Å². The van der Waals surface area contributed by atoms with Crippen LogP contribution in [0, 0.1) is 13.8 Å². The highest BCUT2D eigenvalue weighted by Gasteiger charge is 2.12. The number of aromatic nitrogens is 2. The van der Waals surface area contributed by atoms with E-state index in [0.717, 1.165) is 24.3 Å². The van der Waals surface area contributed by atoms with Gasteiger partial charge in [0, 0.05) is 11.6 Å². The second kappa shape index (κ2) is 6.44. The van der Waals surface area contributed by atoms with Crippen molar-refractivity contribution in [2.75, 3.05) is 13.1 Å². The number of hydrogen-bond donors (Lipinski definition) is 0. The first-order chi connectivity index (χ1) is 10.6. The minimum absolute atomic E-state index is 0.0295. The maximum atomic E-state index is 12.1. The van der Waals surface area contributed by atoms with Crippen molar-refractivity contribution in [3.05, 3.63) is 51.8 Å². The Hall–Kier alpha value is -1.94. The standard InChI is InChI=1S/C18H23N3O/c1-14-6-7-16(12-15(14)2)17-8-9-18(22)21(19-17)13-20-10-4-3-5-11-20/h6-9,12H,3-5,10-11,13H2,1-2H3. The number of piperidine rings is 1. The Bertz CT molecular complexity index is 715. The molecule has 0 N–H and O–H groups in total. The fraction of sp³-hybridized carbons (Fsp3) is 0.444. The number of likely N-dealkylation sites (tertiary alicyclic amines) is 1. The normalized spacial score (nSPS) is 15.9. The van der Waals surface area contributed by atoms with E-state index in [0.29, 0.717) is 6.67 Å². The number of benzene rings is 1. The van der Waals surface area contributed by atoms with Crippen molar-refractivity contribution in [2.24, 2.45) is 0 Å². The predicted molar refractivity (Wildman–Crippen MR) is 88.8 cm³/mol. The monoisotopic (exact) mass is 297 g/mol. The van der Waals surface area contributed by atoms with Gasteiger partial charge in [0.2, 0.25) is 0 Å². The quantitative estimate of drug-likeness (QED) is 0.874. The fourth-order valence-corrected chi connectivity index (χ4v) is 2.90. The second-order valence-electron chi connectivity index (χ2n) is 6.18.